The Morgan fingerprint density at radius 2 is 1.00 bits per heavy atom. The van der Waals surface area contributed by atoms with Crippen LogP contribution < -0.4 is 19.1 Å². The SMILES string of the molecule is CO[n+]1ccc(-c2cc[n+](OC)cc2)cc1. The highest BCUT2D eigenvalue weighted by Gasteiger charge is 2.05. The number of hydrogen-bond donors (Lipinski definition) is 0. The summed E-state index contributed by atoms with van der Waals surface area (Å²) in [6.45, 7) is 0. The van der Waals surface area contributed by atoms with Crippen molar-refractivity contribution in [3.8, 4) is 11.1 Å². The molecule has 0 unspecified atom stereocenters. The van der Waals surface area contributed by atoms with E-state index in [1.54, 1.807) is 23.7 Å². The van der Waals surface area contributed by atoms with Gasteiger partial charge in [-0.3, -0.25) is 9.68 Å². The summed E-state index contributed by atoms with van der Waals surface area (Å²) in [7, 11) is 3.26. The normalized spacial score (nSPS) is 9.88. The van der Waals surface area contributed by atoms with Gasteiger partial charge in [0, 0.05) is 33.7 Å². The van der Waals surface area contributed by atoms with Crippen molar-refractivity contribution in [3.63, 3.8) is 0 Å². The highest BCUT2D eigenvalue weighted by molar-refractivity contribution is 5.60. The first-order valence-corrected chi connectivity index (χ1v) is 4.95. The van der Waals surface area contributed by atoms with Crippen LogP contribution in [-0.4, -0.2) is 14.2 Å². The van der Waals surface area contributed by atoms with Crippen LogP contribution in [0.4, 0.5) is 0 Å². The van der Waals surface area contributed by atoms with E-state index in [1.165, 1.54) is 0 Å². The highest BCUT2D eigenvalue weighted by Crippen LogP contribution is 2.15. The number of hydrogen-bond acceptors (Lipinski definition) is 2. The average Bonchev–Trinajstić information content (AvgIpc) is 2.39. The first-order valence-electron chi connectivity index (χ1n) is 4.95. The van der Waals surface area contributed by atoms with Gasteiger partial charge in [0.1, 0.15) is 14.2 Å². The molecule has 4 heteroatoms. The summed E-state index contributed by atoms with van der Waals surface area (Å²) in [5.41, 5.74) is 2.27. The van der Waals surface area contributed by atoms with Gasteiger partial charge in [0.2, 0.25) is 24.8 Å². The van der Waals surface area contributed by atoms with Gasteiger partial charge < -0.3 is 0 Å². The Morgan fingerprint density at radius 1 is 0.688 bits per heavy atom. The van der Waals surface area contributed by atoms with Gasteiger partial charge in [-0.05, 0) is 11.1 Å². The third-order valence-corrected chi connectivity index (χ3v) is 2.36. The molecule has 0 saturated carbocycles. The molecule has 0 saturated heterocycles. The van der Waals surface area contributed by atoms with Crippen molar-refractivity contribution in [2.45, 2.75) is 0 Å². The summed E-state index contributed by atoms with van der Waals surface area (Å²) < 4.78 is 3.28. The number of aromatic nitrogens is 2. The maximum absolute atomic E-state index is 5.03. The molecule has 4 nitrogen and oxygen atoms in total. The summed E-state index contributed by atoms with van der Waals surface area (Å²) >= 11 is 0. The fourth-order valence-electron chi connectivity index (χ4n) is 1.45. The molecule has 0 bridgehead atoms. The van der Waals surface area contributed by atoms with E-state index in [0.717, 1.165) is 11.1 Å². The van der Waals surface area contributed by atoms with Crippen LogP contribution in [0.3, 0.4) is 0 Å². The largest absolute Gasteiger partial charge is 0.275 e. The number of rotatable bonds is 3. The Balaban J connectivity index is 2.28. The van der Waals surface area contributed by atoms with Crippen LogP contribution in [0.1, 0.15) is 0 Å². The lowest BCUT2D eigenvalue weighted by Crippen LogP contribution is -2.39. The molecule has 0 aliphatic carbocycles. The molecule has 0 N–H and O–H groups in total. The second-order valence-electron chi connectivity index (χ2n) is 3.26. The maximum atomic E-state index is 5.03. The van der Waals surface area contributed by atoms with Crippen LogP contribution in [0.5, 0.6) is 0 Å². The van der Waals surface area contributed by atoms with Gasteiger partial charge in [0.05, 0.1) is 0 Å². The zero-order valence-corrected chi connectivity index (χ0v) is 9.33. The van der Waals surface area contributed by atoms with E-state index in [0.29, 0.717) is 0 Å². The van der Waals surface area contributed by atoms with Crippen LogP contribution in [0.25, 0.3) is 11.1 Å². The highest BCUT2D eigenvalue weighted by atomic mass is 16.6. The van der Waals surface area contributed by atoms with Crippen molar-refractivity contribution in [1.82, 2.24) is 0 Å². The lowest BCUT2D eigenvalue weighted by Gasteiger charge is -1.98. The van der Waals surface area contributed by atoms with E-state index in [1.807, 2.05) is 49.1 Å². The predicted octanol–water partition coefficient (Wildman–Crippen LogP) is 0.0454. The Morgan fingerprint density at radius 3 is 1.25 bits per heavy atom. The van der Waals surface area contributed by atoms with Crippen LogP contribution in [0, 0.1) is 0 Å². The Labute approximate surface area is 94.2 Å². The van der Waals surface area contributed by atoms with Gasteiger partial charge >= 0.3 is 0 Å². The van der Waals surface area contributed by atoms with Crippen molar-refractivity contribution in [3.05, 3.63) is 49.1 Å². The summed E-state index contributed by atoms with van der Waals surface area (Å²) in [5.74, 6) is 0. The number of pyridine rings is 2. The molecule has 0 aliphatic heterocycles. The fraction of sp³-hybridized carbons (Fsp3) is 0.167. The van der Waals surface area contributed by atoms with E-state index < -0.39 is 0 Å². The monoisotopic (exact) mass is 218 g/mol. The smallest absolute Gasteiger partial charge is 0.223 e. The molecule has 0 fully saturated rings. The molecule has 0 atom stereocenters. The van der Waals surface area contributed by atoms with Crippen molar-refractivity contribution >= 4 is 0 Å². The molecule has 2 rings (SSSR count). The van der Waals surface area contributed by atoms with Crippen LogP contribution in [-0.2, 0) is 0 Å². The third kappa shape index (κ3) is 2.11. The van der Waals surface area contributed by atoms with E-state index in [9.17, 15) is 0 Å². The van der Waals surface area contributed by atoms with Gasteiger partial charge in [0.25, 0.3) is 0 Å². The molecular formula is C12H14N2O2+2. The van der Waals surface area contributed by atoms with Gasteiger partial charge in [-0.25, -0.2) is 0 Å². The van der Waals surface area contributed by atoms with Gasteiger partial charge in [-0.15, -0.1) is 0 Å². The summed E-state index contributed by atoms with van der Waals surface area (Å²) in [5, 5.41) is 0. The standard InChI is InChI=1S/C12H14N2O2/c1-15-13-7-3-11(4-8-13)12-5-9-14(16-2)10-6-12/h3-10H,1-2H3/q+2. The summed E-state index contributed by atoms with van der Waals surface area (Å²) in [6, 6.07) is 7.98. The molecule has 0 amide bonds. The number of nitrogens with zero attached hydrogens (tertiary/aromatic N) is 2. The molecule has 2 heterocycles. The fourth-order valence-corrected chi connectivity index (χ4v) is 1.45. The van der Waals surface area contributed by atoms with Gasteiger partial charge in [0.15, 0.2) is 0 Å². The van der Waals surface area contributed by atoms with E-state index in [4.69, 9.17) is 9.68 Å². The minimum absolute atomic E-state index is 1.14. The van der Waals surface area contributed by atoms with Crippen molar-refractivity contribution in [1.29, 1.82) is 0 Å². The van der Waals surface area contributed by atoms with Crippen molar-refractivity contribution in [2.24, 2.45) is 0 Å². The van der Waals surface area contributed by atoms with E-state index >= 15 is 0 Å². The molecule has 0 radical (unpaired) electrons. The third-order valence-electron chi connectivity index (χ3n) is 2.36. The minimum atomic E-state index is 1.14. The van der Waals surface area contributed by atoms with Crippen molar-refractivity contribution < 1.29 is 19.1 Å². The topological polar surface area (TPSA) is 26.2 Å². The maximum Gasteiger partial charge on any atom is 0.223 e. The molecular weight excluding hydrogens is 204 g/mol. The first-order chi connectivity index (χ1) is 7.83. The second kappa shape index (κ2) is 4.61. The van der Waals surface area contributed by atoms with Crippen LogP contribution >= 0.6 is 0 Å². The summed E-state index contributed by atoms with van der Waals surface area (Å²) in [6.07, 6.45) is 7.47. The predicted molar refractivity (Wildman–Crippen MR) is 57.3 cm³/mol. The Kier molecular flexibility index (Phi) is 3.00. The zero-order chi connectivity index (χ0) is 11.4. The molecule has 2 aromatic rings. The lowest BCUT2D eigenvalue weighted by atomic mass is 10.1. The average molecular weight is 218 g/mol. The minimum Gasteiger partial charge on any atom is -0.275 e. The Hall–Kier alpha value is -2.10. The first kappa shape index (κ1) is 10.4. The lowest BCUT2D eigenvalue weighted by molar-refractivity contribution is -0.885. The van der Waals surface area contributed by atoms with Gasteiger partial charge in [-0.1, -0.05) is 0 Å². The molecule has 0 spiro atoms. The molecule has 0 aromatic carbocycles. The second-order valence-corrected chi connectivity index (χ2v) is 3.26. The van der Waals surface area contributed by atoms with Crippen LogP contribution in [0.15, 0.2) is 49.1 Å². The molecule has 2 aromatic heterocycles. The Bertz CT molecular complexity index is 406. The zero-order valence-electron chi connectivity index (χ0n) is 9.33. The molecule has 82 valence electrons. The van der Waals surface area contributed by atoms with Crippen molar-refractivity contribution in [2.75, 3.05) is 14.2 Å². The van der Waals surface area contributed by atoms with E-state index in [-0.39, 0.29) is 0 Å². The van der Waals surface area contributed by atoms with E-state index in [2.05, 4.69) is 0 Å². The quantitative estimate of drug-likeness (QED) is 0.680. The molecule has 16 heavy (non-hydrogen) atoms. The summed E-state index contributed by atoms with van der Waals surface area (Å²) in [4.78, 5) is 10.1. The van der Waals surface area contributed by atoms with Gasteiger partial charge in [-0.2, -0.15) is 0 Å². The van der Waals surface area contributed by atoms with Crippen LogP contribution in [0.2, 0.25) is 0 Å². The molecule has 0 aliphatic rings.